The van der Waals surface area contributed by atoms with Crippen molar-refractivity contribution in [2.75, 3.05) is 5.32 Å². The third-order valence-corrected chi connectivity index (χ3v) is 2.81. The maximum Gasteiger partial charge on any atom is 0.103 e. The van der Waals surface area contributed by atoms with Gasteiger partial charge < -0.3 is 9.73 Å². The van der Waals surface area contributed by atoms with Crippen LogP contribution < -0.4 is 5.32 Å². The lowest BCUT2D eigenvalue weighted by Gasteiger charge is -2.15. The maximum absolute atomic E-state index is 5.32. The van der Waals surface area contributed by atoms with Crippen LogP contribution >= 0.6 is 0 Å². The molecular formula is C14H18N2O. The van der Waals surface area contributed by atoms with Crippen molar-refractivity contribution in [1.82, 2.24) is 4.98 Å². The van der Waals surface area contributed by atoms with Gasteiger partial charge in [0.1, 0.15) is 5.76 Å². The molecule has 0 aromatic carbocycles. The second-order valence-electron chi connectivity index (χ2n) is 4.30. The molecule has 1 atom stereocenters. The molecule has 0 saturated carbocycles. The minimum absolute atomic E-state index is 0.406. The SMILES string of the molecule is Cc1ncccc1NC(C)CCc1ccco1. The molecule has 0 aliphatic carbocycles. The van der Waals surface area contributed by atoms with Crippen molar-refractivity contribution < 1.29 is 4.42 Å². The largest absolute Gasteiger partial charge is 0.469 e. The number of nitrogens with one attached hydrogen (secondary N) is 1. The minimum Gasteiger partial charge on any atom is -0.469 e. The van der Waals surface area contributed by atoms with E-state index in [0.717, 1.165) is 30.0 Å². The van der Waals surface area contributed by atoms with Crippen LogP contribution in [0.15, 0.2) is 41.1 Å². The van der Waals surface area contributed by atoms with E-state index >= 15 is 0 Å². The molecule has 2 rings (SSSR count). The van der Waals surface area contributed by atoms with E-state index in [1.165, 1.54) is 0 Å². The summed E-state index contributed by atoms with van der Waals surface area (Å²) < 4.78 is 5.32. The quantitative estimate of drug-likeness (QED) is 0.855. The molecule has 90 valence electrons. The van der Waals surface area contributed by atoms with Crippen molar-refractivity contribution in [3.63, 3.8) is 0 Å². The van der Waals surface area contributed by atoms with Crippen molar-refractivity contribution in [3.05, 3.63) is 48.2 Å². The van der Waals surface area contributed by atoms with Gasteiger partial charge in [0.2, 0.25) is 0 Å². The van der Waals surface area contributed by atoms with E-state index in [4.69, 9.17) is 4.42 Å². The number of aryl methyl sites for hydroxylation is 2. The zero-order chi connectivity index (χ0) is 12.1. The third-order valence-electron chi connectivity index (χ3n) is 2.81. The average molecular weight is 230 g/mol. The molecule has 3 nitrogen and oxygen atoms in total. The third kappa shape index (κ3) is 3.34. The van der Waals surface area contributed by atoms with Crippen LogP contribution in [0.2, 0.25) is 0 Å². The van der Waals surface area contributed by atoms with Crippen LogP contribution in [0.3, 0.4) is 0 Å². The van der Waals surface area contributed by atoms with Gasteiger partial charge in [-0.2, -0.15) is 0 Å². The molecule has 0 spiro atoms. The average Bonchev–Trinajstić information content (AvgIpc) is 2.82. The Labute approximate surface area is 102 Å². The first-order valence-electron chi connectivity index (χ1n) is 5.96. The zero-order valence-electron chi connectivity index (χ0n) is 10.3. The molecule has 0 saturated heterocycles. The van der Waals surface area contributed by atoms with Crippen LogP contribution in [-0.2, 0) is 6.42 Å². The fourth-order valence-corrected chi connectivity index (χ4v) is 1.79. The van der Waals surface area contributed by atoms with Crippen LogP contribution in [0.25, 0.3) is 0 Å². The van der Waals surface area contributed by atoms with Crippen LogP contribution in [0.5, 0.6) is 0 Å². The summed E-state index contributed by atoms with van der Waals surface area (Å²) >= 11 is 0. The summed E-state index contributed by atoms with van der Waals surface area (Å²) in [5, 5.41) is 3.47. The highest BCUT2D eigenvalue weighted by Gasteiger charge is 2.05. The number of pyridine rings is 1. The fraction of sp³-hybridized carbons (Fsp3) is 0.357. The predicted molar refractivity (Wildman–Crippen MR) is 69.1 cm³/mol. The molecule has 2 heterocycles. The van der Waals surface area contributed by atoms with Crippen molar-refractivity contribution in [2.45, 2.75) is 32.7 Å². The van der Waals surface area contributed by atoms with Crippen LogP contribution in [0.4, 0.5) is 5.69 Å². The predicted octanol–water partition coefficient (Wildman–Crippen LogP) is 3.42. The summed E-state index contributed by atoms with van der Waals surface area (Å²) in [6, 6.07) is 8.36. The number of furan rings is 1. The van der Waals surface area contributed by atoms with Gasteiger partial charge in [-0.05, 0) is 44.5 Å². The topological polar surface area (TPSA) is 38.1 Å². The molecule has 0 aliphatic heterocycles. The number of aromatic nitrogens is 1. The molecule has 0 fully saturated rings. The molecule has 0 bridgehead atoms. The van der Waals surface area contributed by atoms with Gasteiger partial charge >= 0.3 is 0 Å². The number of rotatable bonds is 5. The summed E-state index contributed by atoms with van der Waals surface area (Å²) in [7, 11) is 0. The van der Waals surface area contributed by atoms with E-state index in [1.54, 1.807) is 6.26 Å². The Balaban J connectivity index is 1.85. The molecule has 0 amide bonds. The standard InChI is InChI=1S/C14H18N2O/c1-11(7-8-13-5-4-10-17-13)16-14-6-3-9-15-12(14)2/h3-6,9-11,16H,7-8H2,1-2H3. The Hall–Kier alpha value is -1.77. The Morgan fingerprint density at radius 3 is 2.94 bits per heavy atom. The van der Waals surface area contributed by atoms with Crippen LogP contribution in [0, 0.1) is 6.92 Å². The van der Waals surface area contributed by atoms with Crippen molar-refractivity contribution in [2.24, 2.45) is 0 Å². The van der Waals surface area contributed by atoms with Crippen LogP contribution in [-0.4, -0.2) is 11.0 Å². The number of anilines is 1. The van der Waals surface area contributed by atoms with E-state index in [0.29, 0.717) is 6.04 Å². The molecular weight excluding hydrogens is 212 g/mol. The second-order valence-corrected chi connectivity index (χ2v) is 4.30. The molecule has 0 radical (unpaired) electrons. The fourth-order valence-electron chi connectivity index (χ4n) is 1.79. The smallest absolute Gasteiger partial charge is 0.103 e. The van der Waals surface area contributed by atoms with E-state index < -0.39 is 0 Å². The van der Waals surface area contributed by atoms with Gasteiger partial charge in [0, 0.05) is 18.7 Å². The van der Waals surface area contributed by atoms with Crippen molar-refractivity contribution in [1.29, 1.82) is 0 Å². The van der Waals surface area contributed by atoms with E-state index in [2.05, 4.69) is 23.3 Å². The van der Waals surface area contributed by atoms with Gasteiger partial charge in [-0.3, -0.25) is 4.98 Å². The van der Waals surface area contributed by atoms with E-state index in [9.17, 15) is 0 Å². The Kier molecular flexibility index (Phi) is 3.81. The van der Waals surface area contributed by atoms with Gasteiger partial charge in [0.15, 0.2) is 0 Å². The van der Waals surface area contributed by atoms with Crippen LogP contribution in [0.1, 0.15) is 24.8 Å². The van der Waals surface area contributed by atoms with Gasteiger partial charge in [-0.1, -0.05) is 0 Å². The highest BCUT2D eigenvalue weighted by atomic mass is 16.3. The Morgan fingerprint density at radius 2 is 2.24 bits per heavy atom. The first-order valence-corrected chi connectivity index (χ1v) is 5.96. The highest BCUT2D eigenvalue weighted by Crippen LogP contribution is 2.14. The molecule has 1 unspecified atom stereocenters. The Morgan fingerprint density at radius 1 is 1.35 bits per heavy atom. The summed E-state index contributed by atoms with van der Waals surface area (Å²) in [5.41, 5.74) is 2.15. The van der Waals surface area contributed by atoms with E-state index in [1.807, 2.05) is 31.3 Å². The van der Waals surface area contributed by atoms with Gasteiger partial charge in [-0.15, -0.1) is 0 Å². The zero-order valence-corrected chi connectivity index (χ0v) is 10.3. The van der Waals surface area contributed by atoms with Gasteiger partial charge in [0.25, 0.3) is 0 Å². The highest BCUT2D eigenvalue weighted by molar-refractivity contribution is 5.47. The number of nitrogens with zero attached hydrogens (tertiary/aromatic N) is 1. The molecule has 2 aromatic heterocycles. The second kappa shape index (κ2) is 5.53. The summed E-state index contributed by atoms with van der Waals surface area (Å²) in [6.07, 6.45) is 5.54. The molecule has 2 aromatic rings. The minimum atomic E-state index is 0.406. The van der Waals surface area contributed by atoms with Crippen molar-refractivity contribution >= 4 is 5.69 Å². The summed E-state index contributed by atoms with van der Waals surface area (Å²) in [4.78, 5) is 4.26. The normalized spacial score (nSPS) is 12.4. The first-order chi connectivity index (χ1) is 8.25. The van der Waals surface area contributed by atoms with E-state index in [-0.39, 0.29) is 0 Å². The summed E-state index contributed by atoms with van der Waals surface area (Å²) in [6.45, 7) is 4.19. The molecule has 3 heteroatoms. The lowest BCUT2D eigenvalue weighted by atomic mass is 10.1. The maximum atomic E-state index is 5.32. The Bertz CT molecular complexity index is 451. The lowest BCUT2D eigenvalue weighted by Crippen LogP contribution is -2.16. The van der Waals surface area contributed by atoms with Gasteiger partial charge in [0.05, 0.1) is 17.6 Å². The number of hydrogen-bond acceptors (Lipinski definition) is 3. The molecule has 17 heavy (non-hydrogen) atoms. The molecule has 1 N–H and O–H groups in total. The monoisotopic (exact) mass is 230 g/mol. The first kappa shape index (κ1) is 11.7. The number of hydrogen-bond donors (Lipinski definition) is 1. The van der Waals surface area contributed by atoms with Crippen molar-refractivity contribution in [3.8, 4) is 0 Å². The molecule has 0 aliphatic rings. The summed E-state index contributed by atoms with van der Waals surface area (Å²) in [5.74, 6) is 1.04. The van der Waals surface area contributed by atoms with Gasteiger partial charge in [-0.25, -0.2) is 0 Å². The lowest BCUT2D eigenvalue weighted by molar-refractivity contribution is 0.495.